The van der Waals surface area contributed by atoms with Crippen LogP contribution in [0.1, 0.15) is 70.6 Å². The number of carbonyl (C=O) groups is 11. The summed E-state index contributed by atoms with van der Waals surface area (Å²) < 4.78 is 369. The summed E-state index contributed by atoms with van der Waals surface area (Å²) in [6, 6.07) is 32.2. The van der Waals surface area contributed by atoms with Gasteiger partial charge in [0.2, 0.25) is 5.24 Å². The Balaban J connectivity index is 0.000000241. The average Bonchev–Trinajstić information content (AvgIpc) is 1.60. The van der Waals surface area contributed by atoms with E-state index >= 15 is 0 Å². The maximum Gasteiger partial charge on any atom is 1.00 e. The van der Waals surface area contributed by atoms with Crippen molar-refractivity contribution in [3.8, 4) is 0 Å². The van der Waals surface area contributed by atoms with Crippen LogP contribution in [-0.2, 0) is 136 Å². The molecule has 19 unspecified atom stereocenters. The number of hydrogen-bond donors (Lipinski definition) is 3. The Labute approximate surface area is 808 Å². The molecular formula is C74H70Br3Cl3F20NaO30S3+. The fourth-order valence-electron chi connectivity index (χ4n) is 15.3. The third-order valence-electron chi connectivity index (χ3n) is 21.3. The SMILES string of the molecule is CO.O=C(CC(F)(F)C(F)(F)Br)OC1CC2OC1C1C(=O)OCC21.O=C(CC(F)(F)C(F)(F)S(=O)(=O)O)OC1CC2OC1C1C(=O)OCC21.O=C(CC(F)(F)C(F)(F)S(=O)(=O)[O-])OC1CC2OC1C1C(=O)OCC21.O=C(Cl)C(=O)Cl.O=C(Cl)CCC(F)(F)C(F)(F)Br.O=C(O)CC(F)(F)C(F)(F)Br.O=C1OCC2C3CCC(O3)C12.[Na+].c1ccc([S+](c2ccccc2)c2ccccc2)cc1. The molecule has 3 N–H and O–H groups in total. The number of ether oxygens (including phenoxy) is 11. The fourth-order valence-corrected chi connectivity index (χ4v) is 18.8. The second kappa shape index (κ2) is 46.4. The van der Waals surface area contributed by atoms with Gasteiger partial charge in [-0.05, 0) is 132 Å². The molecule has 12 saturated heterocycles. The molecule has 12 aliphatic heterocycles. The molecule has 30 nitrogen and oxygen atoms in total. The molecule has 12 heterocycles. The molecule has 12 fully saturated rings. The number of rotatable bonds is 25. The number of hydrogen-bond acceptors (Lipinski definition) is 28. The predicted octanol–water partition coefficient (Wildman–Crippen LogP) is 9.75. The molecule has 19 atom stereocenters. The van der Waals surface area contributed by atoms with Crippen LogP contribution >= 0.6 is 82.6 Å². The van der Waals surface area contributed by atoms with E-state index in [0.29, 0.717) is 18.6 Å². The zero-order valence-corrected chi connectivity index (χ0v) is 79.1. The molecule has 0 spiro atoms. The number of alkyl halides is 23. The Morgan fingerprint density at radius 1 is 0.425 bits per heavy atom. The summed E-state index contributed by atoms with van der Waals surface area (Å²) >= 11 is 18.1. The molecule has 3 aromatic carbocycles. The van der Waals surface area contributed by atoms with Gasteiger partial charge in [0.15, 0.2) is 24.8 Å². The van der Waals surface area contributed by atoms with E-state index in [0.717, 1.165) is 20.0 Å². The molecule has 15 rings (SSSR count). The van der Waals surface area contributed by atoms with E-state index in [4.69, 9.17) is 69.0 Å². The van der Waals surface area contributed by atoms with E-state index in [1.165, 1.54) is 46.5 Å². The molecule has 12 aliphatic rings. The topological polar surface area (TPSA) is 441 Å². The van der Waals surface area contributed by atoms with Gasteiger partial charge in [-0.25, -0.2) is 8.42 Å². The van der Waals surface area contributed by atoms with Gasteiger partial charge >= 0.3 is 153 Å². The van der Waals surface area contributed by atoms with Crippen LogP contribution < -0.4 is 29.6 Å². The number of carbonyl (C=O) groups excluding carboxylic acids is 10. The maximum absolute atomic E-state index is 13.4. The Morgan fingerprint density at radius 2 is 0.701 bits per heavy atom. The van der Waals surface area contributed by atoms with Gasteiger partial charge in [0.1, 0.15) is 62.3 Å². The first-order valence-electron chi connectivity index (χ1n) is 37.9. The van der Waals surface area contributed by atoms with E-state index in [-0.39, 0.29) is 121 Å². The van der Waals surface area contributed by atoms with E-state index in [2.05, 4.69) is 124 Å². The number of fused-ring (bicyclic) bond motifs is 20. The summed E-state index contributed by atoms with van der Waals surface area (Å²) in [6.07, 6.45) is -14.3. The third kappa shape index (κ3) is 28.4. The number of esters is 7. The van der Waals surface area contributed by atoms with Gasteiger partial charge in [-0.1, -0.05) is 54.6 Å². The fraction of sp³-hybridized carbons (Fsp3) is 0.608. The molecule has 0 aliphatic carbocycles. The van der Waals surface area contributed by atoms with Gasteiger partial charge in [0.05, 0.1) is 91.5 Å². The summed E-state index contributed by atoms with van der Waals surface area (Å²) in [7, 11) is -12.1. The van der Waals surface area contributed by atoms with Gasteiger partial charge in [-0.15, -0.1) is 0 Å². The van der Waals surface area contributed by atoms with Crippen LogP contribution in [0, 0.1) is 47.3 Å². The van der Waals surface area contributed by atoms with Crippen molar-refractivity contribution in [3.63, 3.8) is 0 Å². The molecule has 134 heavy (non-hydrogen) atoms. The molecule has 0 radical (unpaired) electrons. The van der Waals surface area contributed by atoms with Crippen LogP contribution in [0.5, 0.6) is 0 Å². The molecule has 0 aromatic heterocycles. The zero-order valence-electron chi connectivity index (χ0n) is 67.7. The van der Waals surface area contributed by atoms with Crippen LogP contribution in [0.15, 0.2) is 106 Å². The van der Waals surface area contributed by atoms with E-state index in [9.17, 15) is 162 Å². The summed E-state index contributed by atoms with van der Waals surface area (Å²) in [5.41, 5.74) is 0. The number of cyclic esters (lactones) is 4. The molecule has 8 bridgehead atoms. The molecule has 3 aromatic rings. The predicted molar refractivity (Wildman–Crippen MR) is 414 cm³/mol. The first-order chi connectivity index (χ1) is 61.1. The minimum atomic E-state index is -6.69. The summed E-state index contributed by atoms with van der Waals surface area (Å²) in [5, 5.41) is -0.393. The molecule has 0 saturated carbocycles. The van der Waals surface area contributed by atoms with Crippen molar-refractivity contribution in [1.29, 1.82) is 0 Å². The monoisotopic (exact) mass is 2280 g/mol. The molecule has 0 amide bonds. The summed E-state index contributed by atoms with van der Waals surface area (Å²) in [6.45, 7) is 1.07. The van der Waals surface area contributed by atoms with E-state index in [1.54, 1.807) is 15.9 Å². The summed E-state index contributed by atoms with van der Waals surface area (Å²) in [4.78, 5) is 110. The van der Waals surface area contributed by atoms with Crippen molar-refractivity contribution in [2.75, 3.05) is 33.5 Å². The van der Waals surface area contributed by atoms with E-state index < -0.39 is 237 Å². The quantitative estimate of drug-likeness (QED) is 0.00817. The molecule has 746 valence electrons. The number of benzene rings is 3. The average molecular weight is 2280 g/mol. The van der Waals surface area contributed by atoms with Crippen LogP contribution in [-0.4, -0.2) is 255 Å². The van der Waals surface area contributed by atoms with Crippen LogP contribution in [0.2, 0.25) is 0 Å². The van der Waals surface area contributed by atoms with Crippen molar-refractivity contribution in [2.24, 2.45) is 47.3 Å². The number of aliphatic carboxylic acids is 1. The van der Waals surface area contributed by atoms with Gasteiger partial charge < -0.3 is 66.9 Å². The number of aliphatic hydroxyl groups is 1. The minimum absolute atomic E-state index is 0. The van der Waals surface area contributed by atoms with Crippen LogP contribution in [0.25, 0.3) is 0 Å². The standard InChI is InChI=1S/C18H15S.C12H11BrF4O5.2C12H12F4O8S.C8H10O3.C5H4BrClF4O.C4H3BrF4O2.C2Cl2O2.CH4O.Na/c1-4-10-16(11-5-1)19(17-12-6-2-7-13-17)18-14-8-3-9-15-18;13-12(16,17)11(14,15)2-7(18)21-6-1-5-4-3-20-10(19)8(4)9(6)22-5;2*13-11(14,12(15,16)25(19,20)21)2-7(17)23-6-1-5-4-3-22-10(18)8(4)9(6)24-5;9-8-7-4(3-10-8)5-1-2-6(7)11-5;6-5(10,11)4(8,9)2-1-3(7)12;5-4(8,9)3(6,7)1-2(10)11;3-1(5)2(4)6;1-2;/h1-15H;4-6,8-9H,1-3H2;2*4-6,8-9H,1-3H2,(H,19,20,21);4-7H,1-3H2;1-2H2;1H2,(H,10,11);;2H,1H3;/q+1;;;;;;;;;+1/p-1. The van der Waals surface area contributed by atoms with Crippen molar-refractivity contribution in [2.45, 2.75) is 207 Å². The first kappa shape index (κ1) is 117. The molecular weight excluding hydrogens is 2210 g/mol. The Morgan fingerprint density at radius 3 is 0.963 bits per heavy atom. The number of halogens is 26. The minimum Gasteiger partial charge on any atom is -0.743 e. The van der Waals surface area contributed by atoms with Gasteiger partial charge in [0.25, 0.3) is 0 Å². The van der Waals surface area contributed by atoms with E-state index in [1.807, 2.05) is 0 Å². The Kier molecular flexibility index (Phi) is 40.5. The van der Waals surface area contributed by atoms with Crippen molar-refractivity contribution >= 4 is 177 Å². The smallest absolute Gasteiger partial charge is 0.743 e. The second-order valence-electron chi connectivity index (χ2n) is 30.0. The second-order valence-corrected chi connectivity index (χ2v) is 39.0. The van der Waals surface area contributed by atoms with Crippen molar-refractivity contribution in [1.82, 2.24) is 0 Å². The Bertz CT molecular complexity index is 4680. The van der Waals surface area contributed by atoms with Crippen molar-refractivity contribution < 1.29 is 258 Å². The first-order valence-corrected chi connectivity index (χ1v) is 45.4. The zero-order chi connectivity index (χ0) is 101. The van der Waals surface area contributed by atoms with Crippen LogP contribution in [0.3, 0.4) is 0 Å². The van der Waals surface area contributed by atoms with Crippen molar-refractivity contribution in [3.05, 3.63) is 91.0 Å². The number of carboxylic acids is 1. The number of carboxylic acid groups (broad SMARTS) is 1. The van der Waals surface area contributed by atoms with Crippen LogP contribution in [0.4, 0.5) is 87.8 Å². The van der Waals surface area contributed by atoms with Gasteiger partial charge in [-0.2, -0.15) is 96.2 Å². The normalized spacial score (nSPS) is 27.6. The van der Waals surface area contributed by atoms with Gasteiger partial charge in [-0.3, -0.25) is 57.3 Å². The molecule has 60 heteroatoms. The largest absolute Gasteiger partial charge is 1.00 e. The maximum atomic E-state index is 13.4. The summed E-state index contributed by atoms with van der Waals surface area (Å²) in [5.74, 6) is -35.1. The third-order valence-corrected chi connectivity index (χ3v) is 27.8. The Hall–Kier alpha value is -5.69. The van der Waals surface area contributed by atoms with Gasteiger partial charge in [0, 0.05) is 62.9 Å². The number of aliphatic hydroxyl groups excluding tert-OH is 1.